The highest BCUT2D eigenvalue weighted by Gasteiger charge is 2.10. The average Bonchev–Trinajstić information content (AvgIpc) is 2.67. The number of methoxy groups -OCH3 is 1. The van der Waals surface area contributed by atoms with Crippen molar-refractivity contribution in [1.82, 2.24) is 9.97 Å². The lowest BCUT2D eigenvalue weighted by molar-refractivity contribution is 0.404. The Hall–Kier alpha value is -2.72. The summed E-state index contributed by atoms with van der Waals surface area (Å²) in [5.41, 5.74) is 6.51. The number of anilines is 1. The normalized spacial score (nSPS) is 12.1. The van der Waals surface area contributed by atoms with Gasteiger partial charge in [0, 0.05) is 23.9 Å². The average molecular weight is 394 g/mol. The zero-order chi connectivity index (χ0) is 19.6. The number of nitrogens with one attached hydrogen (secondary N) is 1. The molecule has 144 valence electrons. The molecule has 27 heavy (non-hydrogen) atoms. The van der Waals surface area contributed by atoms with E-state index in [9.17, 15) is 8.78 Å². The minimum absolute atomic E-state index is 0.0210. The lowest BCUT2D eigenvalue weighted by atomic mass is 10.2. The topological polar surface area (TPSA) is 111 Å². The van der Waals surface area contributed by atoms with Gasteiger partial charge in [-0.05, 0) is 6.07 Å². The van der Waals surface area contributed by atoms with Gasteiger partial charge in [-0.1, -0.05) is 30.1 Å². The first-order chi connectivity index (χ1) is 13.0. The van der Waals surface area contributed by atoms with E-state index in [1.54, 1.807) is 18.2 Å². The first kappa shape index (κ1) is 20.6. The minimum Gasteiger partial charge on any atom is -0.481 e. The molecule has 0 aliphatic rings. The summed E-state index contributed by atoms with van der Waals surface area (Å²) < 4.78 is 32.6. The van der Waals surface area contributed by atoms with Crippen LogP contribution >= 0.6 is 11.9 Å². The van der Waals surface area contributed by atoms with E-state index in [2.05, 4.69) is 20.3 Å². The molecule has 0 unspecified atom stereocenters. The molecule has 0 saturated carbocycles. The van der Waals surface area contributed by atoms with Crippen molar-refractivity contribution < 1.29 is 13.5 Å². The molecule has 1 heterocycles. The summed E-state index contributed by atoms with van der Waals surface area (Å²) in [6.45, 7) is 0.513. The van der Waals surface area contributed by atoms with E-state index in [1.807, 2.05) is 0 Å². The van der Waals surface area contributed by atoms with Crippen LogP contribution in [-0.4, -0.2) is 35.3 Å². The van der Waals surface area contributed by atoms with Crippen molar-refractivity contribution in [2.24, 2.45) is 15.9 Å². The van der Waals surface area contributed by atoms with Crippen LogP contribution in [0.2, 0.25) is 0 Å². The van der Waals surface area contributed by atoms with Gasteiger partial charge in [0.1, 0.15) is 5.82 Å². The highest BCUT2D eigenvalue weighted by Crippen LogP contribution is 2.13. The molecular formula is C17H20F2N6OS. The summed E-state index contributed by atoms with van der Waals surface area (Å²) in [6, 6.07) is 6.29. The van der Waals surface area contributed by atoms with Crippen molar-refractivity contribution in [1.29, 1.82) is 0 Å². The van der Waals surface area contributed by atoms with Crippen LogP contribution in [0.4, 0.5) is 14.6 Å². The van der Waals surface area contributed by atoms with Gasteiger partial charge in [-0.15, -0.1) is 0 Å². The Kier molecular flexibility index (Phi) is 7.96. The van der Waals surface area contributed by atoms with E-state index in [4.69, 9.17) is 15.6 Å². The number of hydrogen-bond acceptors (Lipinski definition) is 8. The zero-order valence-corrected chi connectivity index (χ0v) is 15.5. The van der Waals surface area contributed by atoms with Crippen molar-refractivity contribution in [3.63, 3.8) is 0 Å². The van der Waals surface area contributed by atoms with Gasteiger partial charge in [0.2, 0.25) is 5.90 Å². The number of aromatic nitrogens is 2. The van der Waals surface area contributed by atoms with Gasteiger partial charge in [0.05, 0.1) is 25.5 Å². The standard InChI is InChI=1S/C17H20F2N6OS/c1-26-15(23-9-11-4-2-3-5-12(11)18)8-14(20)17-24-10-13(19)16(25-17)22-6-7-27-21/h2-5,8,10H,6-7,9,20-21H2,1H3,(H,22,24,25). The third-order valence-corrected chi connectivity index (χ3v) is 3.81. The fraction of sp³-hybridized carbons (Fsp3) is 0.235. The van der Waals surface area contributed by atoms with Crippen molar-refractivity contribution in [2.45, 2.75) is 6.54 Å². The van der Waals surface area contributed by atoms with Crippen LogP contribution in [0.25, 0.3) is 5.70 Å². The monoisotopic (exact) mass is 394 g/mol. The number of nitrogens with zero attached hydrogens (tertiary/aromatic N) is 3. The molecule has 0 atom stereocenters. The number of aliphatic imine (C=N–C) groups is 1. The molecular weight excluding hydrogens is 374 g/mol. The summed E-state index contributed by atoms with van der Waals surface area (Å²) in [4.78, 5) is 12.1. The van der Waals surface area contributed by atoms with E-state index in [0.29, 0.717) is 17.9 Å². The maximum Gasteiger partial charge on any atom is 0.210 e. The Bertz CT molecular complexity index is 831. The number of halogens is 2. The van der Waals surface area contributed by atoms with Crippen LogP contribution in [0.1, 0.15) is 11.4 Å². The zero-order valence-electron chi connectivity index (χ0n) is 14.7. The van der Waals surface area contributed by atoms with Crippen LogP contribution in [-0.2, 0) is 11.3 Å². The van der Waals surface area contributed by atoms with Crippen LogP contribution in [0.15, 0.2) is 41.5 Å². The van der Waals surface area contributed by atoms with Gasteiger partial charge < -0.3 is 15.8 Å². The number of rotatable bonds is 8. The summed E-state index contributed by atoms with van der Waals surface area (Å²) in [7, 11) is 1.41. The molecule has 0 saturated heterocycles. The Morgan fingerprint density at radius 2 is 2.11 bits per heavy atom. The second kappa shape index (κ2) is 10.4. The molecule has 0 bridgehead atoms. The quantitative estimate of drug-likeness (QED) is 0.273. The fourth-order valence-electron chi connectivity index (χ4n) is 2.01. The number of benzene rings is 1. The molecule has 2 rings (SSSR count). The van der Waals surface area contributed by atoms with Gasteiger partial charge in [-0.25, -0.2) is 23.7 Å². The SMILES string of the molecule is COC(C=C(N)c1ncc(F)c(NCCSN)n1)=NCc1ccccc1F. The Morgan fingerprint density at radius 1 is 1.33 bits per heavy atom. The predicted octanol–water partition coefficient (Wildman–Crippen LogP) is 2.32. The largest absolute Gasteiger partial charge is 0.481 e. The van der Waals surface area contributed by atoms with E-state index in [0.717, 1.165) is 18.1 Å². The Morgan fingerprint density at radius 3 is 2.81 bits per heavy atom. The van der Waals surface area contributed by atoms with Crippen molar-refractivity contribution >= 4 is 29.4 Å². The van der Waals surface area contributed by atoms with Crippen LogP contribution in [0, 0.1) is 11.6 Å². The number of ether oxygens (including phenoxy) is 1. The van der Waals surface area contributed by atoms with E-state index >= 15 is 0 Å². The van der Waals surface area contributed by atoms with Gasteiger partial charge >= 0.3 is 0 Å². The maximum absolute atomic E-state index is 13.8. The first-order valence-electron chi connectivity index (χ1n) is 7.92. The summed E-state index contributed by atoms with van der Waals surface area (Å²) in [5, 5.41) is 8.15. The number of hydrogen-bond donors (Lipinski definition) is 3. The van der Waals surface area contributed by atoms with Gasteiger partial charge in [0.15, 0.2) is 17.5 Å². The summed E-state index contributed by atoms with van der Waals surface area (Å²) >= 11 is 1.13. The molecule has 10 heteroatoms. The van der Waals surface area contributed by atoms with Crippen molar-refractivity contribution in [2.75, 3.05) is 24.7 Å². The molecule has 0 aliphatic carbocycles. The molecule has 7 nitrogen and oxygen atoms in total. The molecule has 1 aromatic heterocycles. The molecule has 0 spiro atoms. The molecule has 0 amide bonds. The van der Waals surface area contributed by atoms with Crippen LogP contribution in [0.5, 0.6) is 0 Å². The second-order valence-corrected chi connectivity index (χ2v) is 5.98. The summed E-state index contributed by atoms with van der Waals surface area (Å²) in [6.07, 6.45) is 2.41. The lowest BCUT2D eigenvalue weighted by Crippen LogP contribution is -2.12. The Balaban J connectivity index is 2.17. The van der Waals surface area contributed by atoms with Crippen molar-refractivity contribution in [3.05, 3.63) is 59.6 Å². The fourth-order valence-corrected chi connectivity index (χ4v) is 2.23. The predicted molar refractivity (Wildman–Crippen MR) is 104 cm³/mol. The van der Waals surface area contributed by atoms with Gasteiger partial charge in [-0.3, -0.25) is 5.14 Å². The van der Waals surface area contributed by atoms with Crippen molar-refractivity contribution in [3.8, 4) is 0 Å². The molecule has 0 fully saturated rings. The maximum atomic E-state index is 13.8. The van der Waals surface area contributed by atoms with Crippen LogP contribution in [0.3, 0.4) is 0 Å². The van der Waals surface area contributed by atoms with Crippen LogP contribution < -0.4 is 16.2 Å². The van der Waals surface area contributed by atoms with E-state index in [-0.39, 0.29) is 35.6 Å². The lowest BCUT2D eigenvalue weighted by Gasteiger charge is -2.08. The van der Waals surface area contributed by atoms with Gasteiger partial charge in [-0.2, -0.15) is 0 Å². The summed E-state index contributed by atoms with van der Waals surface area (Å²) in [5.74, 6) is -0.0865. The highest BCUT2D eigenvalue weighted by atomic mass is 32.2. The van der Waals surface area contributed by atoms with Gasteiger partial charge in [0.25, 0.3) is 0 Å². The van der Waals surface area contributed by atoms with E-state index in [1.165, 1.54) is 19.3 Å². The molecule has 2 aromatic rings. The second-order valence-electron chi connectivity index (χ2n) is 5.24. The molecule has 5 N–H and O–H groups in total. The smallest absolute Gasteiger partial charge is 0.210 e. The number of nitrogens with two attached hydrogens (primary N) is 2. The third kappa shape index (κ3) is 6.19. The molecule has 0 aliphatic heterocycles. The Labute approximate surface area is 160 Å². The highest BCUT2D eigenvalue weighted by molar-refractivity contribution is 7.97. The first-order valence-corrected chi connectivity index (χ1v) is 8.97. The van der Waals surface area contributed by atoms with E-state index < -0.39 is 5.82 Å². The molecule has 0 radical (unpaired) electrons. The third-order valence-electron chi connectivity index (χ3n) is 3.37. The minimum atomic E-state index is -0.603. The molecule has 1 aromatic carbocycles.